The van der Waals surface area contributed by atoms with E-state index in [1.165, 1.54) is 19.1 Å². The molecule has 0 saturated heterocycles. The largest absolute Gasteiger partial charge is 0.416 e. The zero-order chi connectivity index (χ0) is 18.5. The van der Waals surface area contributed by atoms with Crippen molar-refractivity contribution in [1.82, 2.24) is 5.32 Å². The molecular formula is C16H21F3N2O3. The van der Waals surface area contributed by atoms with E-state index < -0.39 is 29.7 Å². The van der Waals surface area contributed by atoms with E-state index in [0.717, 1.165) is 6.07 Å². The SMILES string of the molecule is Cc1ccc(NC(=O)C(=O)NCC(O)CC(C)C)cc1C(F)(F)F. The Bertz CT molecular complexity index is 601. The Balaban J connectivity index is 2.66. The van der Waals surface area contributed by atoms with E-state index in [1.54, 1.807) is 0 Å². The van der Waals surface area contributed by atoms with Gasteiger partial charge in [0.15, 0.2) is 0 Å². The number of nitrogens with one attached hydrogen (secondary N) is 2. The highest BCUT2D eigenvalue weighted by molar-refractivity contribution is 6.39. The number of amides is 2. The van der Waals surface area contributed by atoms with Crippen LogP contribution in [0.3, 0.4) is 0 Å². The molecule has 0 aromatic heterocycles. The second-order valence-electron chi connectivity index (χ2n) is 5.97. The van der Waals surface area contributed by atoms with Crippen LogP contribution in [0.5, 0.6) is 0 Å². The summed E-state index contributed by atoms with van der Waals surface area (Å²) in [7, 11) is 0. The summed E-state index contributed by atoms with van der Waals surface area (Å²) >= 11 is 0. The lowest BCUT2D eigenvalue weighted by molar-refractivity contribution is -0.138. The quantitative estimate of drug-likeness (QED) is 0.717. The first-order valence-corrected chi connectivity index (χ1v) is 7.45. The Morgan fingerprint density at radius 1 is 1.21 bits per heavy atom. The van der Waals surface area contributed by atoms with Gasteiger partial charge in [0.25, 0.3) is 0 Å². The van der Waals surface area contributed by atoms with Crippen molar-refractivity contribution in [1.29, 1.82) is 0 Å². The highest BCUT2D eigenvalue weighted by Gasteiger charge is 2.32. The van der Waals surface area contributed by atoms with Crippen LogP contribution in [0.25, 0.3) is 0 Å². The van der Waals surface area contributed by atoms with Gasteiger partial charge in [-0.1, -0.05) is 19.9 Å². The van der Waals surface area contributed by atoms with Crippen molar-refractivity contribution in [2.45, 2.75) is 39.5 Å². The van der Waals surface area contributed by atoms with Gasteiger partial charge < -0.3 is 15.7 Å². The second-order valence-corrected chi connectivity index (χ2v) is 5.97. The zero-order valence-corrected chi connectivity index (χ0v) is 13.7. The van der Waals surface area contributed by atoms with Gasteiger partial charge in [-0.2, -0.15) is 13.2 Å². The van der Waals surface area contributed by atoms with Gasteiger partial charge in [0.2, 0.25) is 0 Å². The number of hydrogen-bond acceptors (Lipinski definition) is 3. The molecule has 1 atom stereocenters. The molecule has 1 rings (SSSR count). The number of hydrogen-bond donors (Lipinski definition) is 3. The van der Waals surface area contributed by atoms with E-state index in [1.807, 2.05) is 13.8 Å². The van der Waals surface area contributed by atoms with E-state index >= 15 is 0 Å². The maximum atomic E-state index is 12.8. The summed E-state index contributed by atoms with van der Waals surface area (Å²) in [6, 6.07) is 3.26. The molecule has 1 aromatic rings. The lowest BCUT2D eigenvalue weighted by Crippen LogP contribution is -2.39. The number of aliphatic hydroxyl groups is 1. The molecule has 0 bridgehead atoms. The van der Waals surface area contributed by atoms with Crippen LogP contribution < -0.4 is 10.6 Å². The molecule has 0 fully saturated rings. The average Bonchev–Trinajstić information content (AvgIpc) is 2.44. The second kappa shape index (κ2) is 8.14. The Morgan fingerprint density at radius 2 is 1.83 bits per heavy atom. The van der Waals surface area contributed by atoms with Crippen LogP contribution in [0.2, 0.25) is 0 Å². The Kier molecular flexibility index (Phi) is 6.77. The lowest BCUT2D eigenvalue weighted by atomic mass is 10.1. The number of anilines is 1. The maximum absolute atomic E-state index is 12.8. The number of benzene rings is 1. The molecule has 0 saturated carbocycles. The van der Waals surface area contributed by atoms with Crippen molar-refractivity contribution in [3.63, 3.8) is 0 Å². The molecule has 0 aliphatic carbocycles. The Labute approximate surface area is 138 Å². The number of aliphatic hydroxyl groups excluding tert-OH is 1. The van der Waals surface area contributed by atoms with Crippen molar-refractivity contribution >= 4 is 17.5 Å². The number of carbonyl (C=O) groups is 2. The van der Waals surface area contributed by atoms with Crippen molar-refractivity contribution in [2.75, 3.05) is 11.9 Å². The van der Waals surface area contributed by atoms with Gasteiger partial charge in [-0.05, 0) is 37.0 Å². The standard InChI is InChI=1S/C16H21F3N2O3/c1-9(2)6-12(22)8-20-14(23)15(24)21-11-5-4-10(3)13(7-11)16(17,18)19/h4-5,7,9,12,22H,6,8H2,1-3H3,(H,20,23)(H,21,24). The molecule has 1 unspecified atom stereocenters. The summed E-state index contributed by atoms with van der Waals surface area (Å²) < 4.78 is 38.5. The molecule has 3 N–H and O–H groups in total. The highest BCUT2D eigenvalue weighted by atomic mass is 19.4. The first-order valence-electron chi connectivity index (χ1n) is 7.45. The van der Waals surface area contributed by atoms with Crippen molar-refractivity contribution < 1.29 is 27.9 Å². The summed E-state index contributed by atoms with van der Waals surface area (Å²) in [5, 5.41) is 14.0. The predicted molar refractivity (Wildman–Crippen MR) is 83.3 cm³/mol. The summed E-state index contributed by atoms with van der Waals surface area (Å²) in [6.07, 6.45) is -4.89. The molecule has 0 aliphatic rings. The van der Waals surface area contributed by atoms with Gasteiger partial charge >= 0.3 is 18.0 Å². The fourth-order valence-corrected chi connectivity index (χ4v) is 2.11. The molecule has 0 spiro atoms. The number of rotatable bonds is 5. The molecule has 134 valence electrons. The van der Waals surface area contributed by atoms with Crippen LogP contribution in [0, 0.1) is 12.8 Å². The molecule has 0 aliphatic heterocycles. The molecule has 2 amide bonds. The molecule has 1 aromatic carbocycles. The normalized spacial score (nSPS) is 12.8. The van der Waals surface area contributed by atoms with Crippen LogP contribution in [-0.2, 0) is 15.8 Å². The predicted octanol–water partition coefficient (Wildman–Crippen LogP) is 2.48. The fraction of sp³-hybridized carbons (Fsp3) is 0.500. The van der Waals surface area contributed by atoms with E-state index in [4.69, 9.17) is 0 Å². The third-order valence-electron chi connectivity index (χ3n) is 3.25. The third kappa shape index (κ3) is 6.19. The van der Waals surface area contributed by atoms with Crippen LogP contribution in [0.1, 0.15) is 31.4 Å². The maximum Gasteiger partial charge on any atom is 0.416 e. The first kappa shape index (κ1) is 20.0. The van der Waals surface area contributed by atoms with Gasteiger partial charge in [-0.15, -0.1) is 0 Å². The molecule has 0 heterocycles. The minimum Gasteiger partial charge on any atom is -0.391 e. The van der Waals surface area contributed by atoms with Gasteiger partial charge in [0.05, 0.1) is 11.7 Å². The van der Waals surface area contributed by atoms with Crippen LogP contribution in [0.15, 0.2) is 18.2 Å². The van der Waals surface area contributed by atoms with Gasteiger partial charge in [-0.3, -0.25) is 9.59 Å². The van der Waals surface area contributed by atoms with E-state index in [0.29, 0.717) is 6.42 Å². The first-order chi connectivity index (χ1) is 11.0. The Hall–Kier alpha value is -2.09. The van der Waals surface area contributed by atoms with Crippen LogP contribution in [-0.4, -0.2) is 29.6 Å². The number of aryl methyl sites for hydroxylation is 1. The molecule has 8 heteroatoms. The topological polar surface area (TPSA) is 78.4 Å². The van der Waals surface area contributed by atoms with Gasteiger partial charge in [-0.25, -0.2) is 0 Å². The van der Waals surface area contributed by atoms with Crippen molar-refractivity contribution in [3.8, 4) is 0 Å². The number of carbonyl (C=O) groups excluding carboxylic acids is 2. The van der Waals surface area contributed by atoms with Crippen molar-refractivity contribution in [3.05, 3.63) is 29.3 Å². The number of alkyl halides is 3. The van der Waals surface area contributed by atoms with E-state index in [9.17, 15) is 27.9 Å². The zero-order valence-electron chi connectivity index (χ0n) is 13.7. The monoisotopic (exact) mass is 346 g/mol. The smallest absolute Gasteiger partial charge is 0.391 e. The van der Waals surface area contributed by atoms with Crippen LogP contribution >= 0.6 is 0 Å². The summed E-state index contributed by atoms with van der Waals surface area (Å²) in [6.45, 7) is 4.99. The minimum absolute atomic E-state index is 0.0155. The van der Waals surface area contributed by atoms with Crippen molar-refractivity contribution in [2.24, 2.45) is 5.92 Å². The highest BCUT2D eigenvalue weighted by Crippen LogP contribution is 2.33. The molecule has 5 nitrogen and oxygen atoms in total. The lowest BCUT2D eigenvalue weighted by Gasteiger charge is -2.14. The summed E-state index contributed by atoms with van der Waals surface area (Å²) in [5.74, 6) is -1.89. The van der Waals surface area contributed by atoms with Gasteiger partial charge in [0, 0.05) is 12.2 Å². The summed E-state index contributed by atoms with van der Waals surface area (Å²) in [5.41, 5.74) is -0.995. The van der Waals surface area contributed by atoms with Gasteiger partial charge in [0.1, 0.15) is 0 Å². The fourth-order valence-electron chi connectivity index (χ4n) is 2.11. The third-order valence-corrected chi connectivity index (χ3v) is 3.25. The summed E-state index contributed by atoms with van der Waals surface area (Å²) in [4.78, 5) is 23.3. The molecule has 24 heavy (non-hydrogen) atoms. The molecular weight excluding hydrogens is 325 g/mol. The van der Waals surface area contributed by atoms with E-state index in [2.05, 4.69) is 10.6 Å². The minimum atomic E-state index is -4.55. The molecule has 0 radical (unpaired) electrons. The van der Waals surface area contributed by atoms with Crippen LogP contribution in [0.4, 0.5) is 18.9 Å². The Morgan fingerprint density at radius 3 is 2.38 bits per heavy atom. The average molecular weight is 346 g/mol. The van der Waals surface area contributed by atoms with E-state index in [-0.39, 0.29) is 23.7 Å². The number of halogens is 3.